The first-order valence-corrected chi connectivity index (χ1v) is 17.7. The molecular weight excluding hydrogens is 740 g/mol. The molecule has 22 nitrogen and oxygen atoms in total. The molecule has 0 bridgehead atoms. The van der Waals surface area contributed by atoms with Crippen molar-refractivity contribution in [3.05, 3.63) is 36.0 Å². The molecule has 22 heteroatoms. The number of fused-ring (bicyclic) bond motifs is 1. The number of rotatable bonds is 24. The molecule has 2 rings (SSSR count). The minimum absolute atomic E-state index is 0.195. The third-order valence-electron chi connectivity index (χ3n) is 8.50. The average molecular weight is 793 g/mol. The predicted octanol–water partition coefficient (Wildman–Crippen LogP) is -5.58. The van der Waals surface area contributed by atoms with E-state index < -0.39 is 115 Å². The smallest absolute Gasteiger partial charge is 0.326 e. The van der Waals surface area contributed by atoms with Crippen molar-refractivity contribution in [3.8, 4) is 0 Å². The molecule has 0 aliphatic rings. The van der Waals surface area contributed by atoms with Gasteiger partial charge in [0.1, 0.15) is 36.3 Å². The SMILES string of the molecule is C[C@H](NC(=O)[C@H](Cc1c[nH]c2ccccc12)NC(=O)[C@H](CO)NC(=O)[C@H](CO)NC(=O)[C@@H](NC(=O)[C@@H](N)CCCCN)[C@@H](C)O)C(=O)N[C@@H](CC(N)=O)C(=O)O. The van der Waals surface area contributed by atoms with E-state index in [0.29, 0.717) is 35.9 Å². The van der Waals surface area contributed by atoms with Gasteiger partial charge in [0.15, 0.2) is 0 Å². The van der Waals surface area contributed by atoms with Gasteiger partial charge >= 0.3 is 5.97 Å². The van der Waals surface area contributed by atoms with Crippen molar-refractivity contribution >= 4 is 58.2 Å². The van der Waals surface area contributed by atoms with Gasteiger partial charge in [0.25, 0.3) is 0 Å². The van der Waals surface area contributed by atoms with Crippen molar-refractivity contribution in [1.29, 1.82) is 0 Å². The Morgan fingerprint density at radius 1 is 0.732 bits per heavy atom. The molecule has 0 aliphatic heterocycles. The highest BCUT2D eigenvalue weighted by molar-refractivity contribution is 5.98. The summed E-state index contributed by atoms with van der Waals surface area (Å²) in [5, 5.41) is 53.7. The van der Waals surface area contributed by atoms with Crippen molar-refractivity contribution in [2.75, 3.05) is 19.8 Å². The number of carbonyl (C=O) groups is 8. The maximum Gasteiger partial charge on any atom is 0.326 e. The van der Waals surface area contributed by atoms with Crippen LogP contribution in [-0.2, 0) is 44.8 Å². The summed E-state index contributed by atoms with van der Waals surface area (Å²) in [7, 11) is 0. The van der Waals surface area contributed by atoms with Gasteiger partial charge < -0.3 is 74.5 Å². The topological polar surface area (TPSA) is 384 Å². The Balaban J connectivity index is 2.22. The molecule has 56 heavy (non-hydrogen) atoms. The van der Waals surface area contributed by atoms with E-state index in [9.17, 15) is 58.8 Å². The number of aromatic amines is 1. The Morgan fingerprint density at radius 2 is 1.29 bits per heavy atom. The minimum atomic E-state index is -1.77. The number of nitrogens with one attached hydrogen (secondary N) is 7. The highest BCUT2D eigenvalue weighted by Gasteiger charge is 2.34. The number of amides is 7. The van der Waals surface area contributed by atoms with E-state index >= 15 is 0 Å². The number of hydrogen-bond acceptors (Lipinski definition) is 13. The molecule has 2 aromatic rings. The van der Waals surface area contributed by atoms with Crippen LogP contribution in [0.25, 0.3) is 10.9 Å². The molecule has 0 aliphatic carbocycles. The number of unbranched alkanes of at least 4 members (excludes halogenated alkanes) is 1. The standard InChI is InChI=1S/C34H52N10O12/c1-16(28(49)41-23(34(55)56)12-26(37)48)39-30(51)22(11-18-13-38-21-9-4-3-7-19(18)21)40-31(52)24(14-45)42-32(53)25(15-46)43-33(54)27(17(2)47)44-29(50)20(36)8-5-6-10-35/h3-4,7,9,13,16-17,20,22-25,27,38,45-47H,5-6,8,10-12,14-15,35-36H2,1-2H3,(H2,37,48)(H,39,51)(H,40,52)(H,41,49)(H,42,53)(H,43,54)(H,44,50)(H,55,56)/t16-,17+,20-,22-,23-,24-,25-,27-/m0/s1. The van der Waals surface area contributed by atoms with Gasteiger partial charge in [0.05, 0.1) is 31.8 Å². The van der Waals surface area contributed by atoms with Crippen molar-refractivity contribution in [1.82, 2.24) is 36.9 Å². The van der Waals surface area contributed by atoms with E-state index in [2.05, 4.69) is 36.9 Å². The number of carboxylic acids is 1. The molecule has 310 valence electrons. The molecule has 1 aromatic carbocycles. The average Bonchev–Trinajstić information content (AvgIpc) is 3.55. The van der Waals surface area contributed by atoms with Crippen LogP contribution >= 0.6 is 0 Å². The number of hydrogen-bond donors (Lipinski definition) is 14. The summed E-state index contributed by atoms with van der Waals surface area (Å²) in [6, 6.07) is -3.73. The van der Waals surface area contributed by atoms with E-state index in [-0.39, 0.29) is 12.8 Å². The van der Waals surface area contributed by atoms with Crippen LogP contribution in [0.3, 0.4) is 0 Å². The largest absolute Gasteiger partial charge is 0.480 e. The first kappa shape index (κ1) is 46.5. The van der Waals surface area contributed by atoms with Gasteiger partial charge in [0.2, 0.25) is 41.4 Å². The summed E-state index contributed by atoms with van der Waals surface area (Å²) in [4.78, 5) is 104. The Bertz CT molecular complexity index is 1700. The fraction of sp³-hybridized carbons (Fsp3) is 0.529. The fourth-order valence-corrected chi connectivity index (χ4v) is 5.31. The van der Waals surface area contributed by atoms with Crippen LogP contribution in [0, 0.1) is 0 Å². The lowest BCUT2D eigenvalue weighted by Crippen LogP contribution is -2.62. The number of aliphatic carboxylic acids is 1. The number of aromatic nitrogens is 1. The second kappa shape index (κ2) is 22.6. The normalized spacial score (nSPS) is 15.4. The van der Waals surface area contributed by atoms with Crippen LogP contribution in [0.4, 0.5) is 0 Å². The lowest BCUT2D eigenvalue weighted by Gasteiger charge is -2.26. The molecule has 0 saturated heterocycles. The molecule has 0 radical (unpaired) electrons. The lowest BCUT2D eigenvalue weighted by atomic mass is 10.0. The van der Waals surface area contributed by atoms with Crippen LogP contribution in [-0.4, -0.2) is 141 Å². The van der Waals surface area contributed by atoms with Crippen molar-refractivity contribution in [2.45, 2.75) is 94.3 Å². The van der Waals surface area contributed by atoms with E-state index in [1.807, 2.05) is 0 Å². The summed E-state index contributed by atoms with van der Waals surface area (Å²) in [5.41, 5.74) is 17.6. The molecule has 17 N–H and O–H groups in total. The first-order chi connectivity index (χ1) is 26.4. The molecule has 1 aromatic heterocycles. The Labute approximate surface area is 321 Å². The zero-order valence-electron chi connectivity index (χ0n) is 30.9. The van der Waals surface area contributed by atoms with E-state index in [4.69, 9.17) is 17.2 Å². The molecule has 8 atom stereocenters. The molecular formula is C34H52N10O12. The third kappa shape index (κ3) is 14.2. The van der Waals surface area contributed by atoms with E-state index in [1.165, 1.54) is 13.8 Å². The predicted molar refractivity (Wildman–Crippen MR) is 197 cm³/mol. The summed E-state index contributed by atoms with van der Waals surface area (Å²) < 4.78 is 0. The number of H-pyrrole nitrogens is 1. The molecule has 0 fully saturated rings. The Kier molecular flexibility index (Phi) is 18.8. The maximum atomic E-state index is 13.6. The van der Waals surface area contributed by atoms with Gasteiger partial charge in [-0.05, 0) is 44.9 Å². The third-order valence-corrected chi connectivity index (χ3v) is 8.50. The number of aliphatic hydroxyl groups is 3. The summed E-state index contributed by atoms with van der Waals surface area (Å²) in [5.74, 6) is -8.62. The van der Waals surface area contributed by atoms with Crippen molar-refractivity contribution in [2.24, 2.45) is 17.2 Å². The summed E-state index contributed by atoms with van der Waals surface area (Å²) in [6.45, 7) is 0.735. The van der Waals surface area contributed by atoms with Crippen LogP contribution < -0.4 is 49.1 Å². The number of benzene rings is 1. The quantitative estimate of drug-likeness (QED) is 0.0441. The van der Waals surface area contributed by atoms with Gasteiger partial charge in [-0.15, -0.1) is 0 Å². The highest BCUT2D eigenvalue weighted by atomic mass is 16.4. The van der Waals surface area contributed by atoms with Gasteiger partial charge in [-0.3, -0.25) is 33.6 Å². The zero-order valence-corrected chi connectivity index (χ0v) is 30.9. The van der Waals surface area contributed by atoms with Gasteiger partial charge in [0, 0.05) is 23.5 Å². The fourth-order valence-electron chi connectivity index (χ4n) is 5.31. The molecule has 0 saturated carbocycles. The van der Waals surface area contributed by atoms with Crippen LogP contribution in [0.2, 0.25) is 0 Å². The highest BCUT2D eigenvalue weighted by Crippen LogP contribution is 2.19. The first-order valence-electron chi connectivity index (χ1n) is 17.7. The Hall–Kier alpha value is -5.68. The number of nitrogens with two attached hydrogens (primary N) is 3. The number of primary amides is 1. The lowest BCUT2D eigenvalue weighted by molar-refractivity contribution is -0.143. The van der Waals surface area contributed by atoms with Crippen molar-refractivity contribution < 1.29 is 58.8 Å². The monoisotopic (exact) mass is 792 g/mol. The zero-order chi connectivity index (χ0) is 42.1. The maximum absolute atomic E-state index is 13.6. The van der Waals surface area contributed by atoms with Crippen LogP contribution in [0.1, 0.15) is 45.1 Å². The van der Waals surface area contributed by atoms with Crippen molar-refractivity contribution in [3.63, 3.8) is 0 Å². The molecule has 0 unspecified atom stereocenters. The number of aliphatic hydroxyl groups excluding tert-OH is 3. The molecule has 0 spiro atoms. The summed E-state index contributed by atoms with van der Waals surface area (Å²) in [6.07, 6.45) is 0.562. The second-order valence-electron chi connectivity index (χ2n) is 13.0. The number of para-hydroxylation sites is 1. The van der Waals surface area contributed by atoms with Gasteiger partial charge in [-0.25, -0.2) is 4.79 Å². The molecule has 7 amide bonds. The Morgan fingerprint density at radius 3 is 1.84 bits per heavy atom. The van der Waals surface area contributed by atoms with Crippen LogP contribution in [0.5, 0.6) is 0 Å². The van der Waals surface area contributed by atoms with Crippen LogP contribution in [0.15, 0.2) is 30.5 Å². The molecule has 1 heterocycles. The number of carbonyl (C=O) groups excluding carboxylic acids is 7. The minimum Gasteiger partial charge on any atom is -0.480 e. The van der Waals surface area contributed by atoms with E-state index in [0.717, 1.165) is 0 Å². The summed E-state index contributed by atoms with van der Waals surface area (Å²) >= 11 is 0. The van der Waals surface area contributed by atoms with E-state index in [1.54, 1.807) is 30.5 Å². The number of carboxylic acid groups (broad SMARTS) is 1. The van der Waals surface area contributed by atoms with Gasteiger partial charge in [-0.1, -0.05) is 24.6 Å². The van der Waals surface area contributed by atoms with Gasteiger partial charge in [-0.2, -0.15) is 0 Å². The second-order valence-corrected chi connectivity index (χ2v) is 13.0.